The molecule has 0 unspecified atom stereocenters. The van der Waals surface area contributed by atoms with Gasteiger partial charge in [0.1, 0.15) is 5.01 Å². The molecule has 1 saturated heterocycles. The Hall–Kier alpha value is -2.64. The summed E-state index contributed by atoms with van der Waals surface area (Å²) in [7, 11) is 3.30. The lowest BCUT2D eigenvalue weighted by atomic mass is 9.98. The summed E-state index contributed by atoms with van der Waals surface area (Å²) in [6.07, 6.45) is 4.22. The predicted octanol–water partition coefficient (Wildman–Crippen LogP) is 4.43. The van der Waals surface area contributed by atoms with Crippen LogP contribution in [0.25, 0.3) is 10.2 Å². The van der Waals surface area contributed by atoms with E-state index >= 15 is 0 Å². The maximum atomic E-state index is 13.3. The van der Waals surface area contributed by atoms with Gasteiger partial charge in [-0.05, 0) is 61.2 Å². The molecule has 2 aromatic carbocycles. The Labute approximate surface area is 192 Å². The monoisotopic (exact) mass is 451 g/mol. The predicted molar refractivity (Wildman–Crippen MR) is 126 cm³/mol. The number of carbonyl (C=O) groups is 1. The largest absolute Gasteiger partial charge is 0.493 e. The van der Waals surface area contributed by atoms with Gasteiger partial charge in [-0.15, -0.1) is 11.3 Å². The van der Waals surface area contributed by atoms with Crippen LogP contribution >= 0.6 is 11.3 Å². The van der Waals surface area contributed by atoms with Crippen molar-refractivity contribution in [3.8, 4) is 11.5 Å². The highest BCUT2D eigenvalue weighted by Crippen LogP contribution is 2.36. The minimum Gasteiger partial charge on any atom is -0.493 e. The van der Waals surface area contributed by atoms with Crippen LogP contribution in [-0.4, -0.2) is 54.5 Å². The van der Waals surface area contributed by atoms with E-state index in [4.69, 9.17) is 14.5 Å². The third-order valence-electron chi connectivity index (χ3n) is 6.62. The summed E-state index contributed by atoms with van der Waals surface area (Å²) in [5.74, 6) is 1.66. The normalized spacial score (nSPS) is 19.1. The lowest BCUT2D eigenvalue weighted by molar-refractivity contribution is -0.134. The molecule has 1 fully saturated rings. The Kier molecular flexibility index (Phi) is 6.02. The number of methoxy groups -OCH3 is 2. The molecular weight excluding hydrogens is 422 g/mol. The number of hydrogen-bond acceptors (Lipinski definition) is 6. The second-order valence-corrected chi connectivity index (χ2v) is 9.61. The van der Waals surface area contributed by atoms with Crippen LogP contribution in [-0.2, 0) is 17.8 Å². The first-order chi connectivity index (χ1) is 15.7. The summed E-state index contributed by atoms with van der Waals surface area (Å²) < 4.78 is 12.1. The highest BCUT2D eigenvalue weighted by atomic mass is 32.1. The molecule has 2 aliphatic rings. The summed E-state index contributed by atoms with van der Waals surface area (Å²) in [5.41, 5.74) is 3.43. The molecule has 1 amide bonds. The second kappa shape index (κ2) is 9.08. The number of benzene rings is 2. The Morgan fingerprint density at radius 2 is 1.88 bits per heavy atom. The molecule has 3 heterocycles. The molecule has 0 saturated carbocycles. The number of amides is 1. The molecule has 0 aliphatic carbocycles. The van der Waals surface area contributed by atoms with Crippen LogP contribution < -0.4 is 9.47 Å². The van der Waals surface area contributed by atoms with Crippen molar-refractivity contribution in [1.82, 2.24) is 14.8 Å². The third kappa shape index (κ3) is 4.07. The number of fused-ring (bicyclic) bond motifs is 2. The lowest BCUT2D eigenvalue weighted by Crippen LogP contribution is -2.45. The summed E-state index contributed by atoms with van der Waals surface area (Å²) in [6.45, 7) is 2.75. The molecule has 2 aliphatic heterocycles. The van der Waals surface area contributed by atoms with Crippen LogP contribution in [0, 0.1) is 0 Å². The van der Waals surface area contributed by atoms with Gasteiger partial charge in [0.15, 0.2) is 11.5 Å². The van der Waals surface area contributed by atoms with Crippen molar-refractivity contribution < 1.29 is 14.3 Å². The van der Waals surface area contributed by atoms with Crippen LogP contribution in [0.15, 0.2) is 36.4 Å². The number of ether oxygens (including phenoxy) is 2. The number of rotatable bonds is 5. The molecule has 5 rings (SSSR count). The van der Waals surface area contributed by atoms with Crippen molar-refractivity contribution in [2.24, 2.45) is 0 Å². The number of piperidine rings is 1. The number of para-hydroxylation sites is 1. The van der Waals surface area contributed by atoms with Crippen molar-refractivity contribution in [2.75, 3.05) is 33.9 Å². The Morgan fingerprint density at radius 1 is 1.09 bits per heavy atom. The molecule has 0 N–H and O–H groups in total. The maximum absolute atomic E-state index is 13.3. The van der Waals surface area contributed by atoms with E-state index in [-0.39, 0.29) is 11.9 Å². The zero-order valence-corrected chi connectivity index (χ0v) is 19.5. The molecule has 168 valence electrons. The van der Waals surface area contributed by atoms with Crippen molar-refractivity contribution in [3.05, 3.63) is 52.5 Å². The molecule has 32 heavy (non-hydrogen) atoms. The first-order valence-electron chi connectivity index (χ1n) is 11.3. The molecule has 0 bridgehead atoms. The maximum Gasteiger partial charge on any atom is 0.237 e. The van der Waals surface area contributed by atoms with E-state index in [1.807, 2.05) is 23.1 Å². The summed E-state index contributed by atoms with van der Waals surface area (Å²) >= 11 is 1.77. The van der Waals surface area contributed by atoms with Crippen LogP contribution in [0.2, 0.25) is 0 Å². The third-order valence-corrected chi connectivity index (χ3v) is 7.76. The smallest absolute Gasteiger partial charge is 0.237 e. The van der Waals surface area contributed by atoms with Crippen LogP contribution in [0.1, 0.15) is 41.4 Å². The standard InChI is InChI=1S/C25H29N3O3S/c1-30-21-13-17-10-12-28(15-18(17)14-22(21)31-2)24(29)16-27-11-6-5-8-20(27)25-26-19-7-3-4-9-23(19)32-25/h3-4,7,9,13-14,20H,5-6,8,10-12,15-16H2,1-2H3/t20-/m0/s1. The van der Waals surface area contributed by atoms with Gasteiger partial charge in [0.05, 0.1) is 37.0 Å². The van der Waals surface area contributed by atoms with Gasteiger partial charge in [-0.25, -0.2) is 4.98 Å². The first kappa shape index (κ1) is 21.2. The first-order valence-corrected chi connectivity index (χ1v) is 12.1. The fourth-order valence-corrected chi connectivity index (χ4v) is 6.00. The van der Waals surface area contributed by atoms with E-state index in [0.717, 1.165) is 54.2 Å². The highest BCUT2D eigenvalue weighted by Gasteiger charge is 2.30. The molecule has 1 aromatic heterocycles. The summed E-state index contributed by atoms with van der Waals surface area (Å²) in [6, 6.07) is 12.6. The van der Waals surface area contributed by atoms with Gasteiger partial charge >= 0.3 is 0 Å². The zero-order valence-electron chi connectivity index (χ0n) is 18.7. The van der Waals surface area contributed by atoms with Gasteiger partial charge in [0.25, 0.3) is 0 Å². The Bertz CT molecular complexity index is 1100. The highest BCUT2D eigenvalue weighted by molar-refractivity contribution is 7.18. The number of carbonyl (C=O) groups excluding carboxylic acids is 1. The second-order valence-electron chi connectivity index (χ2n) is 8.54. The van der Waals surface area contributed by atoms with Crippen LogP contribution in [0.3, 0.4) is 0 Å². The van der Waals surface area contributed by atoms with Gasteiger partial charge < -0.3 is 14.4 Å². The topological polar surface area (TPSA) is 54.9 Å². The Balaban J connectivity index is 1.31. The fraction of sp³-hybridized carbons (Fsp3) is 0.440. The van der Waals surface area contributed by atoms with Gasteiger partial charge in [0.2, 0.25) is 5.91 Å². The number of likely N-dealkylation sites (tertiary alicyclic amines) is 1. The quantitative estimate of drug-likeness (QED) is 0.575. The SMILES string of the molecule is COc1cc2c(cc1OC)CN(C(=O)CN1CCCC[C@H]1c1nc3ccccc3s1)CC2. The number of aromatic nitrogens is 1. The van der Waals surface area contributed by atoms with Gasteiger partial charge in [0, 0.05) is 13.1 Å². The number of nitrogens with zero attached hydrogens (tertiary/aromatic N) is 3. The van der Waals surface area contributed by atoms with Crippen molar-refractivity contribution >= 4 is 27.5 Å². The summed E-state index contributed by atoms with van der Waals surface area (Å²) in [4.78, 5) is 22.5. The van der Waals surface area contributed by atoms with Gasteiger partial charge in [-0.3, -0.25) is 9.69 Å². The average Bonchev–Trinajstić information content (AvgIpc) is 3.27. The van der Waals surface area contributed by atoms with E-state index in [1.54, 1.807) is 25.6 Å². The number of hydrogen-bond donors (Lipinski definition) is 0. The average molecular weight is 452 g/mol. The molecule has 6 nitrogen and oxygen atoms in total. The van der Waals surface area contributed by atoms with E-state index in [9.17, 15) is 4.79 Å². The zero-order chi connectivity index (χ0) is 22.1. The fourth-order valence-electron chi connectivity index (χ4n) is 4.86. The molecule has 0 radical (unpaired) electrons. The lowest BCUT2D eigenvalue weighted by Gasteiger charge is -2.36. The Morgan fingerprint density at radius 3 is 2.66 bits per heavy atom. The molecule has 0 spiro atoms. The molecule has 1 atom stereocenters. The molecule has 7 heteroatoms. The molecular formula is C25H29N3O3S. The van der Waals surface area contributed by atoms with E-state index in [0.29, 0.717) is 18.8 Å². The molecule has 3 aromatic rings. The van der Waals surface area contributed by atoms with Crippen molar-refractivity contribution in [2.45, 2.75) is 38.3 Å². The number of thiazole rings is 1. The van der Waals surface area contributed by atoms with E-state index in [2.05, 4.69) is 23.1 Å². The van der Waals surface area contributed by atoms with Crippen molar-refractivity contribution in [1.29, 1.82) is 0 Å². The minimum atomic E-state index is 0.193. The van der Waals surface area contributed by atoms with Gasteiger partial charge in [-0.1, -0.05) is 18.6 Å². The van der Waals surface area contributed by atoms with Crippen molar-refractivity contribution in [3.63, 3.8) is 0 Å². The van der Waals surface area contributed by atoms with Gasteiger partial charge in [-0.2, -0.15) is 0 Å². The van der Waals surface area contributed by atoms with Crippen LogP contribution in [0.4, 0.5) is 0 Å². The van der Waals surface area contributed by atoms with E-state index in [1.165, 1.54) is 16.7 Å². The van der Waals surface area contributed by atoms with Crippen LogP contribution in [0.5, 0.6) is 11.5 Å². The minimum absolute atomic E-state index is 0.193. The van der Waals surface area contributed by atoms with E-state index < -0.39 is 0 Å². The summed E-state index contributed by atoms with van der Waals surface area (Å²) in [5, 5.41) is 1.14.